The zero-order valence-corrected chi connectivity index (χ0v) is 22.9. The summed E-state index contributed by atoms with van der Waals surface area (Å²) in [6, 6.07) is 0. The number of carbonyl (C=O) groups excluding carboxylic acids is 2. The summed E-state index contributed by atoms with van der Waals surface area (Å²) in [5, 5.41) is 0. The van der Waals surface area contributed by atoms with E-state index in [4.69, 9.17) is 9.47 Å². The Balaban J connectivity index is 2.57. The fraction of sp³-hybridized carbons (Fsp3) is 0.931. The van der Waals surface area contributed by atoms with E-state index in [1.54, 1.807) is 0 Å². The minimum Gasteiger partial charge on any atom is -0.465 e. The molecule has 33 heavy (non-hydrogen) atoms. The van der Waals surface area contributed by atoms with Crippen molar-refractivity contribution in [2.45, 2.75) is 119 Å². The summed E-state index contributed by atoms with van der Waals surface area (Å²) in [6.07, 6.45) is 11.9. The van der Waals surface area contributed by atoms with Crippen LogP contribution in [0, 0.1) is 41.4 Å². The molecule has 0 aromatic rings. The molecule has 1 aliphatic carbocycles. The summed E-state index contributed by atoms with van der Waals surface area (Å²) >= 11 is 0. The monoisotopic (exact) mass is 466 g/mol. The molecule has 0 saturated heterocycles. The Morgan fingerprint density at radius 3 is 1.73 bits per heavy atom. The van der Waals surface area contributed by atoms with Gasteiger partial charge in [-0.05, 0) is 61.7 Å². The smallest absolute Gasteiger partial charge is 0.309 e. The summed E-state index contributed by atoms with van der Waals surface area (Å²) in [6.45, 7) is 16.4. The summed E-state index contributed by atoms with van der Waals surface area (Å²) < 4.78 is 11.2. The molecule has 0 heterocycles. The van der Waals surface area contributed by atoms with Crippen molar-refractivity contribution >= 4 is 11.9 Å². The van der Waals surface area contributed by atoms with E-state index < -0.39 is 0 Å². The SMILES string of the molecule is CC(C)CCCC(C)CCCC1CCC(C(=O)OCCC(C)C)C(C(=O)OCCC(C)C)C1. The van der Waals surface area contributed by atoms with Crippen LogP contribution in [-0.2, 0) is 19.1 Å². The minimum absolute atomic E-state index is 0.187. The Labute approximate surface area is 205 Å². The highest BCUT2D eigenvalue weighted by Gasteiger charge is 2.41. The van der Waals surface area contributed by atoms with Crippen LogP contribution in [0.15, 0.2) is 0 Å². The maximum Gasteiger partial charge on any atom is 0.309 e. The Morgan fingerprint density at radius 2 is 1.18 bits per heavy atom. The van der Waals surface area contributed by atoms with E-state index >= 15 is 0 Å². The molecule has 0 bridgehead atoms. The molecule has 1 aliphatic rings. The van der Waals surface area contributed by atoms with Gasteiger partial charge in [-0.15, -0.1) is 0 Å². The molecule has 194 valence electrons. The molecule has 1 fully saturated rings. The van der Waals surface area contributed by atoms with E-state index in [1.165, 1.54) is 32.1 Å². The number of hydrogen-bond donors (Lipinski definition) is 0. The summed E-state index contributed by atoms with van der Waals surface area (Å²) in [7, 11) is 0. The average molecular weight is 467 g/mol. The Hall–Kier alpha value is -1.06. The molecule has 1 saturated carbocycles. The molecule has 0 aromatic heterocycles. The Kier molecular flexibility index (Phi) is 15.0. The summed E-state index contributed by atoms with van der Waals surface area (Å²) in [5.74, 6) is 2.01. The van der Waals surface area contributed by atoms with Crippen LogP contribution in [0.25, 0.3) is 0 Å². The van der Waals surface area contributed by atoms with E-state index in [1.807, 2.05) is 0 Å². The number of carbonyl (C=O) groups is 2. The van der Waals surface area contributed by atoms with Crippen molar-refractivity contribution < 1.29 is 19.1 Å². The van der Waals surface area contributed by atoms with Crippen molar-refractivity contribution in [2.24, 2.45) is 41.4 Å². The van der Waals surface area contributed by atoms with Crippen LogP contribution in [0.3, 0.4) is 0 Å². The maximum atomic E-state index is 12.9. The van der Waals surface area contributed by atoms with Gasteiger partial charge in [0.25, 0.3) is 0 Å². The minimum atomic E-state index is -0.342. The third kappa shape index (κ3) is 13.4. The molecule has 0 aliphatic heterocycles. The highest BCUT2D eigenvalue weighted by Crippen LogP contribution is 2.38. The van der Waals surface area contributed by atoms with Crippen LogP contribution in [-0.4, -0.2) is 25.2 Å². The number of ether oxygens (including phenoxy) is 2. The molecule has 0 amide bonds. The van der Waals surface area contributed by atoms with E-state index in [0.717, 1.165) is 50.4 Å². The second-order valence-corrected chi connectivity index (χ2v) is 12.0. The van der Waals surface area contributed by atoms with E-state index in [-0.39, 0.29) is 23.8 Å². The molecule has 1 rings (SSSR count). The fourth-order valence-corrected chi connectivity index (χ4v) is 4.84. The van der Waals surface area contributed by atoms with Crippen LogP contribution in [0.4, 0.5) is 0 Å². The van der Waals surface area contributed by atoms with Gasteiger partial charge in [-0.2, -0.15) is 0 Å². The van der Waals surface area contributed by atoms with Crippen LogP contribution in [0.2, 0.25) is 0 Å². The van der Waals surface area contributed by atoms with Crippen LogP contribution < -0.4 is 0 Å². The largest absolute Gasteiger partial charge is 0.465 e. The first-order valence-electron chi connectivity index (χ1n) is 13.9. The average Bonchev–Trinajstić information content (AvgIpc) is 2.72. The molecule has 0 aromatic carbocycles. The quantitative estimate of drug-likeness (QED) is 0.217. The highest BCUT2D eigenvalue weighted by molar-refractivity contribution is 5.82. The number of esters is 2. The number of rotatable bonds is 16. The van der Waals surface area contributed by atoms with Gasteiger partial charge in [0.2, 0.25) is 0 Å². The van der Waals surface area contributed by atoms with E-state index in [9.17, 15) is 9.59 Å². The molecule has 4 atom stereocenters. The van der Waals surface area contributed by atoms with Gasteiger partial charge >= 0.3 is 11.9 Å². The van der Waals surface area contributed by atoms with E-state index in [0.29, 0.717) is 31.0 Å². The van der Waals surface area contributed by atoms with Gasteiger partial charge in [0.05, 0.1) is 25.0 Å². The highest BCUT2D eigenvalue weighted by atomic mass is 16.5. The standard InChI is InChI=1S/C29H54O4/c1-21(2)10-8-11-24(7)12-9-13-25-14-15-26(28(30)32-18-16-22(3)4)27(20-25)29(31)33-19-17-23(5)6/h21-27H,8-20H2,1-7H3. The maximum absolute atomic E-state index is 12.9. The predicted molar refractivity (Wildman–Crippen MR) is 137 cm³/mol. The van der Waals surface area contributed by atoms with Crippen molar-refractivity contribution in [3.63, 3.8) is 0 Å². The fourth-order valence-electron chi connectivity index (χ4n) is 4.84. The molecular weight excluding hydrogens is 412 g/mol. The molecule has 4 heteroatoms. The van der Waals surface area contributed by atoms with Crippen molar-refractivity contribution in [1.82, 2.24) is 0 Å². The first-order valence-corrected chi connectivity index (χ1v) is 13.9. The van der Waals surface area contributed by atoms with Gasteiger partial charge in [-0.1, -0.05) is 87.0 Å². The third-order valence-corrected chi connectivity index (χ3v) is 7.23. The Morgan fingerprint density at radius 1 is 0.667 bits per heavy atom. The van der Waals surface area contributed by atoms with Crippen molar-refractivity contribution in [2.75, 3.05) is 13.2 Å². The first kappa shape index (κ1) is 30.0. The van der Waals surface area contributed by atoms with Gasteiger partial charge < -0.3 is 9.47 Å². The zero-order chi connectivity index (χ0) is 24.8. The summed E-state index contributed by atoms with van der Waals surface area (Å²) in [4.78, 5) is 25.8. The second kappa shape index (κ2) is 16.5. The van der Waals surface area contributed by atoms with Crippen LogP contribution in [0.1, 0.15) is 119 Å². The summed E-state index contributed by atoms with van der Waals surface area (Å²) in [5.41, 5.74) is 0. The van der Waals surface area contributed by atoms with Crippen molar-refractivity contribution in [1.29, 1.82) is 0 Å². The molecule has 4 unspecified atom stereocenters. The lowest BCUT2D eigenvalue weighted by atomic mass is 9.72. The van der Waals surface area contributed by atoms with Gasteiger partial charge in [-0.3, -0.25) is 9.59 Å². The van der Waals surface area contributed by atoms with Gasteiger partial charge in [-0.25, -0.2) is 0 Å². The van der Waals surface area contributed by atoms with Crippen LogP contribution in [0.5, 0.6) is 0 Å². The Bertz CT molecular complexity index is 540. The second-order valence-electron chi connectivity index (χ2n) is 12.0. The van der Waals surface area contributed by atoms with Gasteiger partial charge in [0.15, 0.2) is 0 Å². The lowest BCUT2D eigenvalue weighted by molar-refractivity contribution is -0.164. The molecule has 0 spiro atoms. The van der Waals surface area contributed by atoms with Gasteiger partial charge in [0.1, 0.15) is 0 Å². The van der Waals surface area contributed by atoms with Crippen molar-refractivity contribution in [3.8, 4) is 0 Å². The number of hydrogen-bond acceptors (Lipinski definition) is 4. The van der Waals surface area contributed by atoms with Gasteiger partial charge in [0, 0.05) is 0 Å². The predicted octanol–water partition coefficient (Wildman–Crippen LogP) is 7.83. The van der Waals surface area contributed by atoms with E-state index in [2.05, 4.69) is 48.5 Å². The third-order valence-electron chi connectivity index (χ3n) is 7.23. The molecular formula is C29H54O4. The zero-order valence-electron chi connectivity index (χ0n) is 22.9. The molecule has 0 radical (unpaired) electrons. The first-order chi connectivity index (χ1) is 15.6. The topological polar surface area (TPSA) is 52.6 Å². The molecule has 4 nitrogen and oxygen atoms in total. The normalized spacial score (nSPS) is 22.1. The lowest BCUT2D eigenvalue weighted by Crippen LogP contribution is -2.38. The molecule has 0 N–H and O–H groups in total. The van der Waals surface area contributed by atoms with Crippen molar-refractivity contribution in [3.05, 3.63) is 0 Å². The lowest BCUT2D eigenvalue weighted by Gasteiger charge is -2.33. The van der Waals surface area contributed by atoms with Crippen LogP contribution >= 0.6 is 0 Å².